The fourth-order valence-electron chi connectivity index (χ4n) is 1.91. The number of rotatable bonds is 2. The van der Waals surface area contributed by atoms with Crippen LogP contribution < -0.4 is 5.32 Å². The van der Waals surface area contributed by atoms with Crippen LogP contribution >= 0.6 is 0 Å². The molecule has 0 bridgehead atoms. The summed E-state index contributed by atoms with van der Waals surface area (Å²) < 4.78 is 41.6. The standard InChI is InChI=1S/C9H10F3N3O3/c10-9(11,12)5-14-6(18-15-5)8(7(16)17)1-3-13-4-2-8/h13H,1-4H2,(H,16,17). The van der Waals surface area contributed by atoms with E-state index in [0.717, 1.165) is 0 Å². The van der Waals surface area contributed by atoms with Crippen LogP contribution in [0.1, 0.15) is 24.6 Å². The Kier molecular flexibility index (Phi) is 3.01. The highest BCUT2D eigenvalue weighted by Crippen LogP contribution is 2.35. The van der Waals surface area contributed by atoms with E-state index in [1.807, 2.05) is 0 Å². The largest absolute Gasteiger partial charge is 0.480 e. The quantitative estimate of drug-likeness (QED) is 0.822. The van der Waals surface area contributed by atoms with Gasteiger partial charge in [-0.05, 0) is 25.9 Å². The van der Waals surface area contributed by atoms with Gasteiger partial charge < -0.3 is 14.9 Å². The maximum absolute atomic E-state index is 12.3. The number of aliphatic carboxylic acids is 1. The molecule has 6 nitrogen and oxygen atoms in total. The Hall–Kier alpha value is -1.64. The molecule has 0 aromatic carbocycles. The zero-order valence-electron chi connectivity index (χ0n) is 9.12. The minimum atomic E-state index is -4.74. The van der Waals surface area contributed by atoms with Crippen molar-refractivity contribution in [2.24, 2.45) is 0 Å². The summed E-state index contributed by atoms with van der Waals surface area (Å²) in [5, 5.41) is 14.9. The SMILES string of the molecule is O=C(O)C1(c2nc(C(F)(F)F)no2)CCNCC1. The van der Waals surface area contributed by atoms with Gasteiger partial charge in [-0.2, -0.15) is 18.2 Å². The molecule has 0 amide bonds. The van der Waals surface area contributed by atoms with Crippen molar-refractivity contribution in [3.8, 4) is 0 Å². The van der Waals surface area contributed by atoms with Crippen molar-refractivity contribution in [1.29, 1.82) is 0 Å². The van der Waals surface area contributed by atoms with E-state index >= 15 is 0 Å². The van der Waals surface area contributed by atoms with Gasteiger partial charge in [0.15, 0.2) is 0 Å². The Balaban J connectivity index is 2.38. The van der Waals surface area contributed by atoms with Gasteiger partial charge in [0, 0.05) is 0 Å². The predicted molar refractivity (Wildman–Crippen MR) is 50.7 cm³/mol. The van der Waals surface area contributed by atoms with E-state index in [9.17, 15) is 23.1 Å². The van der Waals surface area contributed by atoms with Crippen molar-refractivity contribution >= 4 is 5.97 Å². The molecule has 2 rings (SSSR count). The van der Waals surface area contributed by atoms with E-state index in [-0.39, 0.29) is 12.8 Å². The fourth-order valence-corrected chi connectivity index (χ4v) is 1.91. The third kappa shape index (κ3) is 2.05. The normalized spacial score (nSPS) is 19.7. The lowest BCUT2D eigenvalue weighted by Crippen LogP contribution is -2.45. The molecule has 0 spiro atoms. The molecule has 1 aromatic rings. The van der Waals surface area contributed by atoms with Gasteiger partial charge in [0.1, 0.15) is 5.41 Å². The van der Waals surface area contributed by atoms with Crippen LogP contribution in [0.15, 0.2) is 4.52 Å². The van der Waals surface area contributed by atoms with Crippen LogP contribution in [0.5, 0.6) is 0 Å². The van der Waals surface area contributed by atoms with Crippen molar-refractivity contribution in [3.63, 3.8) is 0 Å². The fraction of sp³-hybridized carbons (Fsp3) is 0.667. The van der Waals surface area contributed by atoms with Crippen LogP contribution in [0.4, 0.5) is 13.2 Å². The first-order valence-corrected chi connectivity index (χ1v) is 5.22. The first-order valence-electron chi connectivity index (χ1n) is 5.22. The van der Waals surface area contributed by atoms with Crippen LogP contribution in [-0.4, -0.2) is 34.3 Å². The molecule has 2 heterocycles. The lowest BCUT2D eigenvalue weighted by Gasteiger charge is -2.29. The monoisotopic (exact) mass is 265 g/mol. The zero-order chi connectivity index (χ0) is 13.4. The second-order valence-electron chi connectivity index (χ2n) is 4.06. The smallest absolute Gasteiger partial charge is 0.455 e. The van der Waals surface area contributed by atoms with Crippen LogP contribution in [0.3, 0.4) is 0 Å². The van der Waals surface area contributed by atoms with Crippen LogP contribution in [-0.2, 0) is 16.4 Å². The van der Waals surface area contributed by atoms with Gasteiger partial charge in [-0.1, -0.05) is 5.16 Å². The third-order valence-corrected chi connectivity index (χ3v) is 2.96. The molecular weight excluding hydrogens is 255 g/mol. The summed E-state index contributed by atoms with van der Waals surface area (Å²) in [5.74, 6) is -3.18. The topological polar surface area (TPSA) is 88.2 Å². The van der Waals surface area contributed by atoms with Crippen molar-refractivity contribution in [3.05, 3.63) is 11.7 Å². The number of hydrogen-bond donors (Lipinski definition) is 2. The third-order valence-electron chi connectivity index (χ3n) is 2.96. The molecule has 0 aliphatic carbocycles. The van der Waals surface area contributed by atoms with Crippen LogP contribution in [0.2, 0.25) is 0 Å². The molecule has 100 valence electrons. The summed E-state index contributed by atoms with van der Waals surface area (Å²) in [6.07, 6.45) is -4.52. The molecule has 1 aliphatic rings. The predicted octanol–water partition coefficient (Wildman–Crippen LogP) is 0.794. The van der Waals surface area contributed by atoms with E-state index in [1.54, 1.807) is 0 Å². The Morgan fingerprint density at radius 3 is 2.44 bits per heavy atom. The maximum Gasteiger partial charge on any atom is 0.455 e. The van der Waals surface area contributed by atoms with E-state index in [4.69, 9.17) is 0 Å². The van der Waals surface area contributed by atoms with Crippen molar-refractivity contribution in [2.45, 2.75) is 24.4 Å². The summed E-state index contributed by atoms with van der Waals surface area (Å²) in [6, 6.07) is 0. The number of halogens is 3. The first-order chi connectivity index (χ1) is 8.36. The number of hydrogen-bond acceptors (Lipinski definition) is 5. The molecule has 0 saturated carbocycles. The van der Waals surface area contributed by atoms with E-state index < -0.39 is 29.3 Å². The van der Waals surface area contributed by atoms with Gasteiger partial charge in [0.05, 0.1) is 0 Å². The number of nitrogens with one attached hydrogen (secondary N) is 1. The van der Waals surface area contributed by atoms with Gasteiger partial charge in [-0.15, -0.1) is 0 Å². The molecule has 1 saturated heterocycles. The molecule has 18 heavy (non-hydrogen) atoms. The number of carboxylic acids is 1. The minimum absolute atomic E-state index is 0.113. The Bertz CT molecular complexity index is 451. The highest BCUT2D eigenvalue weighted by Gasteiger charge is 2.48. The molecule has 2 N–H and O–H groups in total. The Morgan fingerprint density at radius 1 is 1.39 bits per heavy atom. The Labute approximate surface area is 99.2 Å². The minimum Gasteiger partial charge on any atom is -0.480 e. The Morgan fingerprint density at radius 2 is 2.00 bits per heavy atom. The van der Waals surface area contributed by atoms with Gasteiger partial charge in [0.25, 0.3) is 5.82 Å². The molecule has 0 radical (unpaired) electrons. The average molecular weight is 265 g/mol. The molecule has 9 heteroatoms. The number of carbonyl (C=O) groups is 1. The van der Waals surface area contributed by atoms with E-state index in [2.05, 4.69) is 20.0 Å². The highest BCUT2D eigenvalue weighted by atomic mass is 19.4. The molecular formula is C9H10F3N3O3. The number of alkyl halides is 3. The summed E-state index contributed by atoms with van der Waals surface area (Å²) in [5.41, 5.74) is -1.53. The number of aromatic nitrogens is 2. The summed E-state index contributed by atoms with van der Waals surface area (Å²) >= 11 is 0. The molecule has 1 aromatic heterocycles. The van der Waals surface area contributed by atoms with E-state index in [1.165, 1.54) is 0 Å². The molecule has 1 fully saturated rings. The van der Waals surface area contributed by atoms with Crippen LogP contribution in [0, 0.1) is 0 Å². The summed E-state index contributed by atoms with van der Waals surface area (Å²) in [7, 11) is 0. The zero-order valence-corrected chi connectivity index (χ0v) is 9.12. The lowest BCUT2D eigenvalue weighted by atomic mass is 9.79. The van der Waals surface area contributed by atoms with E-state index in [0.29, 0.717) is 13.1 Å². The molecule has 0 atom stereocenters. The number of nitrogens with zero attached hydrogens (tertiary/aromatic N) is 2. The van der Waals surface area contributed by atoms with Gasteiger partial charge in [-0.3, -0.25) is 4.79 Å². The lowest BCUT2D eigenvalue weighted by molar-refractivity contribution is -0.147. The molecule has 0 unspecified atom stereocenters. The molecule has 1 aliphatic heterocycles. The van der Waals surface area contributed by atoms with Crippen molar-refractivity contribution in [2.75, 3.05) is 13.1 Å². The van der Waals surface area contributed by atoms with Crippen molar-refractivity contribution in [1.82, 2.24) is 15.5 Å². The number of piperidine rings is 1. The summed E-state index contributed by atoms with van der Waals surface area (Å²) in [4.78, 5) is 14.5. The summed E-state index contributed by atoms with van der Waals surface area (Å²) in [6.45, 7) is 0.742. The average Bonchev–Trinajstić information content (AvgIpc) is 2.79. The first kappa shape index (κ1) is 12.8. The highest BCUT2D eigenvalue weighted by molar-refractivity contribution is 5.80. The van der Waals surface area contributed by atoms with Gasteiger partial charge in [-0.25, -0.2) is 0 Å². The van der Waals surface area contributed by atoms with Crippen molar-refractivity contribution < 1.29 is 27.6 Å². The maximum atomic E-state index is 12.3. The van der Waals surface area contributed by atoms with Gasteiger partial charge >= 0.3 is 12.1 Å². The second kappa shape index (κ2) is 4.23. The second-order valence-corrected chi connectivity index (χ2v) is 4.06. The van der Waals surface area contributed by atoms with Crippen LogP contribution in [0.25, 0.3) is 0 Å². The number of carboxylic acid groups (broad SMARTS) is 1. The van der Waals surface area contributed by atoms with Gasteiger partial charge in [0.2, 0.25) is 5.89 Å².